The van der Waals surface area contributed by atoms with E-state index in [9.17, 15) is 4.79 Å². The molecular formula is C12H16O2. The van der Waals surface area contributed by atoms with E-state index in [2.05, 4.69) is 0 Å². The van der Waals surface area contributed by atoms with Crippen molar-refractivity contribution in [2.75, 3.05) is 0 Å². The summed E-state index contributed by atoms with van der Waals surface area (Å²) < 4.78 is 5.11. The van der Waals surface area contributed by atoms with Gasteiger partial charge in [0.25, 0.3) is 6.47 Å². The minimum atomic E-state index is -0.179. The Hall–Kier alpha value is -1.31. The molecule has 0 spiro atoms. The van der Waals surface area contributed by atoms with Gasteiger partial charge in [0.2, 0.25) is 0 Å². The third-order valence-electron chi connectivity index (χ3n) is 2.08. The van der Waals surface area contributed by atoms with Gasteiger partial charge in [-0.2, -0.15) is 0 Å². The van der Waals surface area contributed by atoms with E-state index in [0.29, 0.717) is 6.47 Å². The number of hydrogen-bond acceptors (Lipinski definition) is 2. The van der Waals surface area contributed by atoms with E-state index in [4.69, 9.17) is 4.74 Å². The normalized spacial score (nSPS) is 13.4. The number of ether oxygens (including phenoxy) is 1. The van der Waals surface area contributed by atoms with Gasteiger partial charge in [-0.3, -0.25) is 4.79 Å². The van der Waals surface area contributed by atoms with Crippen LogP contribution < -0.4 is 0 Å². The quantitative estimate of drug-likeness (QED) is 0.688. The highest BCUT2D eigenvalue weighted by atomic mass is 16.5. The van der Waals surface area contributed by atoms with Crippen molar-refractivity contribution in [1.29, 1.82) is 0 Å². The molecule has 2 heteroatoms. The third-order valence-corrected chi connectivity index (χ3v) is 2.08. The molecule has 0 bridgehead atoms. The SMILES string of the molecule is CC(C)(C)C(OC=O)c1ccccc1. The van der Waals surface area contributed by atoms with Gasteiger partial charge in [0.1, 0.15) is 6.10 Å². The molecule has 0 heterocycles. The van der Waals surface area contributed by atoms with Crippen molar-refractivity contribution in [2.24, 2.45) is 5.41 Å². The van der Waals surface area contributed by atoms with Crippen molar-refractivity contribution in [1.82, 2.24) is 0 Å². The Labute approximate surface area is 84.9 Å². The molecule has 1 atom stereocenters. The molecular weight excluding hydrogens is 176 g/mol. The maximum Gasteiger partial charge on any atom is 0.293 e. The summed E-state index contributed by atoms with van der Waals surface area (Å²) >= 11 is 0. The summed E-state index contributed by atoms with van der Waals surface area (Å²) in [6.45, 7) is 6.67. The number of carbonyl (C=O) groups is 1. The summed E-state index contributed by atoms with van der Waals surface area (Å²) in [5, 5.41) is 0. The van der Waals surface area contributed by atoms with Crippen LogP contribution in [-0.2, 0) is 9.53 Å². The molecule has 0 aromatic heterocycles. The molecule has 1 aromatic carbocycles. The van der Waals surface area contributed by atoms with Crippen molar-refractivity contribution in [3.8, 4) is 0 Å². The van der Waals surface area contributed by atoms with E-state index in [1.807, 2.05) is 51.1 Å². The van der Waals surface area contributed by atoms with Gasteiger partial charge in [0.15, 0.2) is 0 Å². The molecule has 0 saturated heterocycles. The lowest BCUT2D eigenvalue weighted by atomic mass is 9.85. The second-order valence-corrected chi connectivity index (χ2v) is 4.39. The first-order chi connectivity index (χ1) is 6.55. The summed E-state index contributed by atoms with van der Waals surface area (Å²) in [5.74, 6) is 0. The molecule has 0 radical (unpaired) electrons. The highest BCUT2D eigenvalue weighted by Gasteiger charge is 2.27. The van der Waals surface area contributed by atoms with Gasteiger partial charge >= 0.3 is 0 Å². The molecule has 0 aliphatic heterocycles. The Morgan fingerprint density at radius 3 is 2.21 bits per heavy atom. The van der Waals surface area contributed by atoms with Crippen LogP contribution in [0.4, 0.5) is 0 Å². The smallest absolute Gasteiger partial charge is 0.293 e. The van der Waals surface area contributed by atoms with Gasteiger partial charge in [0.05, 0.1) is 0 Å². The van der Waals surface area contributed by atoms with Gasteiger partial charge in [-0.1, -0.05) is 51.1 Å². The lowest BCUT2D eigenvalue weighted by Gasteiger charge is -2.29. The zero-order valence-corrected chi connectivity index (χ0v) is 8.86. The predicted octanol–water partition coefficient (Wildman–Crippen LogP) is 2.95. The Balaban J connectivity index is 2.95. The standard InChI is InChI=1S/C12H16O2/c1-12(2,3)11(14-9-13)10-7-5-4-6-8-10/h4-9,11H,1-3H3. The fourth-order valence-corrected chi connectivity index (χ4v) is 1.47. The molecule has 1 aromatic rings. The predicted molar refractivity (Wildman–Crippen MR) is 55.8 cm³/mol. The monoisotopic (exact) mass is 192 g/mol. The molecule has 1 rings (SSSR count). The Bertz CT molecular complexity index is 285. The first kappa shape index (κ1) is 10.8. The van der Waals surface area contributed by atoms with Crippen LogP contribution in [0, 0.1) is 5.41 Å². The summed E-state index contributed by atoms with van der Waals surface area (Å²) in [7, 11) is 0. The maximum absolute atomic E-state index is 10.4. The van der Waals surface area contributed by atoms with Crippen LogP contribution in [0.1, 0.15) is 32.4 Å². The molecule has 1 unspecified atom stereocenters. The van der Waals surface area contributed by atoms with Gasteiger partial charge in [-0.05, 0) is 5.56 Å². The van der Waals surface area contributed by atoms with E-state index in [1.54, 1.807) is 0 Å². The van der Waals surface area contributed by atoms with E-state index in [1.165, 1.54) is 0 Å². The van der Waals surface area contributed by atoms with E-state index in [-0.39, 0.29) is 11.5 Å². The van der Waals surface area contributed by atoms with Crippen molar-refractivity contribution < 1.29 is 9.53 Å². The highest BCUT2D eigenvalue weighted by Crippen LogP contribution is 2.35. The van der Waals surface area contributed by atoms with Crippen molar-refractivity contribution in [2.45, 2.75) is 26.9 Å². The lowest BCUT2D eigenvalue weighted by Crippen LogP contribution is -2.20. The molecule has 2 nitrogen and oxygen atoms in total. The number of carbonyl (C=O) groups excluding carboxylic acids is 1. The van der Waals surface area contributed by atoms with Crippen molar-refractivity contribution in [3.05, 3.63) is 35.9 Å². The van der Waals surface area contributed by atoms with Gasteiger partial charge in [-0.25, -0.2) is 0 Å². The summed E-state index contributed by atoms with van der Waals surface area (Å²) in [6.07, 6.45) is -0.179. The second-order valence-electron chi connectivity index (χ2n) is 4.39. The first-order valence-electron chi connectivity index (χ1n) is 4.70. The first-order valence-corrected chi connectivity index (χ1v) is 4.70. The molecule has 0 saturated carbocycles. The average molecular weight is 192 g/mol. The Morgan fingerprint density at radius 2 is 1.79 bits per heavy atom. The zero-order chi connectivity index (χ0) is 10.6. The molecule has 0 fully saturated rings. The zero-order valence-electron chi connectivity index (χ0n) is 8.86. The lowest BCUT2D eigenvalue weighted by molar-refractivity contribution is -0.139. The fraction of sp³-hybridized carbons (Fsp3) is 0.417. The molecule has 0 amide bonds. The second kappa shape index (κ2) is 4.27. The van der Waals surface area contributed by atoms with Crippen LogP contribution in [0.3, 0.4) is 0 Å². The number of hydrogen-bond donors (Lipinski definition) is 0. The Morgan fingerprint density at radius 1 is 1.21 bits per heavy atom. The summed E-state index contributed by atoms with van der Waals surface area (Å²) in [5.41, 5.74) is 0.953. The highest BCUT2D eigenvalue weighted by molar-refractivity contribution is 5.39. The van der Waals surface area contributed by atoms with Crippen LogP contribution in [-0.4, -0.2) is 6.47 Å². The fourth-order valence-electron chi connectivity index (χ4n) is 1.47. The minimum absolute atomic E-state index is 0.0811. The maximum atomic E-state index is 10.4. The van der Waals surface area contributed by atoms with Crippen LogP contribution in [0.15, 0.2) is 30.3 Å². The molecule has 0 aliphatic carbocycles. The molecule has 0 aliphatic rings. The topological polar surface area (TPSA) is 26.3 Å². The van der Waals surface area contributed by atoms with E-state index < -0.39 is 0 Å². The van der Waals surface area contributed by atoms with Gasteiger partial charge in [-0.15, -0.1) is 0 Å². The third kappa shape index (κ3) is 2.59. The van der Waals surface area contributed by atoms with Gasteiger partial charge in [0, 0.05) is 5.41 Å². The van der Waals surface area contributed by atoms with Crippen LogP contribution >= 0.6 is 0 Å². The van der Waals surface area contributed by atoms with E-state index in [0.717, 1.165) is 5.56 Å². The number of rotatable bonds is 3. The molecule has 14 heavy (non-hydrogen) atoms. The molecule has 76 valence electrons. The largest absolute Gasteiger partial charge is 0.459 e. The summed E-state index contributed by atoms with van der Waals surface area (Å²) in [4.78, 5) is 10.4. The van der Waals surface area contributed by atoms with Crippen LogP contribution in [0.2, 0.25) is 0 Å². The average Bonchev–Trinajstić information content (AvgIpc) is 2.14. The van der Waals surface area contributed by atoms with Crippen LogP contribution in [0.5, 0.6) is 0 Å². The molecule has 0 N–H and O–H groups in total. The van der Waals surface area contributed by atoms with E-state index >= 15 is 0 Å². The number of benzene rings is 1. The van der Waals surface area contributed by atoms with Crippen molar-refractivity contribution >= 4 is 6.47 Å². The summed E-state index contributed by atoms with van der Waals surface area (Å²) in [6, 6.07) is 9.79. The van der Waals surface area contributed by atoms with Gasteiger partial charge < -0.3 is 4.74 Å². The van der Waals surface area contributed by atoms with Crippen LogP contribution in [0.25, 0.3) is 0 Å². The minimum Gasteiger partial charge on any atom is -0.459 e. The van der Waals surface area contributed by atoms with Crippen molar-refractivity contribution in [3.63, 3.8) is 0 Å². The Kier molecular flexibility index (Phi) is 3.28.